The van der Waals surface area contributed by atoms with E-state index in [1.807, 2.05) is 0 Å². The number of nitrogens with one attached hydrogen (secondary N) is 1. The number of carboxylic acid groups (broad SMARTS) is 1. The Labute approximate surface area is 120 Å². The molecule has 6 nitrogen and oxygen atoms in total. The van der Waals surface area contributed by atoms with Crippen molar-refractivity contribution >= 4 is 12.0 Å². The summed E-state index contributed by atoms with van der Waals surface area (Å²) in [6.07, 6.45) is 4.19. The lowest BCUT2D eigenvalue weighted by molar-refractivity contribution is -0.143. The predicted molar refractivity (Wildman–Crippen MR) is 75.6 cm³/mol. The molecule has 2 N–H and O–H groups in total. The van der Waals surface area contributed by atoms with Crippen molar-refractivity contribution in [3.8, 4) is 0 Å². The lowest BCUT2D eigenvalue weighted by Crippen LogP contribution is -2.56. The fraction of sp³-hybridized carbons (Fsp3) is 0.857. The average molecular weight is 283 g/mol. The number of rotatable bonds is 2. The van der Waals surface area contributed by atoms with Crippen molar-refractivity contribution in [1.29, 1.82) is 0 Å². The summed E-state index contributed by atoms with van der Waals surface area (Å²) in [6, 6.07) is -0.262. The van der Waals surface area contributed by atoms with Gasteiger partial charge >= 0.3 is 12.0 Å². The van der Waals surface area contributed by atoms with Gasteiger partial charge in [0.15, 0.2) is 0 Å². The van der Waals surface area contributed by atoms with Gasteiger partial charge in [0.25, 0.3) is 0 Å². The summed E-state index contributed by atoms with van der Waals surface area (Å²) < 4.78 is 0. The van der Waals surface area contributed by atoms with Gasteiger partial charge in [-0.1, -0.05) is 0 Å². The first-order valence-electron chi connectivity index (χ1n) is 7.49. The largest absolute Gasteiger partial charge is 0.480 e. The van der Waals surface area contributed by atoms with Crippen molar-refractivity contribution in [2.75, 3.05) is 20.1 Å². The summed E-state index contributed by atoms with van der Waals surface area (Å²) >= 11 is 0. The highest BCUT2D eigenvalue weighted by atomic mass is 16.4. The maximum absolute atomic E-state index is 12.3. The molecule has 2 aliphatic rings. The Morgan fingerprint density at radius 1 is 1.20 bits per heavy atom. The zero-order chi connectivity index (χ0) is 14.7. The van der Waals surface area contributed by atoms with Crippen LogP contribution >= 0.6 is 0 Å². The number of hydrogen-bond donors (Lipinski definition) is 2. The molecule has 114 valence electrons. The Morgan fingerprint density at radius 2 is 1.95 bits per heavy atom. The first kappa shape index (κ1) is 15.1. The molecule has 3 atom stereocenters. The van der Waals surface area contributed by atoms with Crippen molar-refractivity contribution in [3.63, 3.8) is 0 Å². The van der Waals surface area contributed by atoms with Crippen molar-refractivity contribution in [2.45, 2.75) is 57.2 Å². The highest BCUT2D eigenvalue weighted by Gasteiger charge is 2.33. The fourth-order valence-corrected chi connectivity index (χ4v) is 3.11. The lowest BCUT2D eigenvalue weighted by atomic mass is 9.99. The van der Waals surface area contributed by atoms with Crippen LogP contribution in [0.4, 0.5) is 4.79 Å². The van der Waals surface area contributed by atoms with Crippen LogP contribution in [-0.4, -0.2) is 65.2 Å². The maximum Gasteiger partial charge on any atom is 0.326 e. The van der Waals surface area contributed by atoms with Gasteiger partial charge in [-0.15, -0.1) is 0 Å². The molecule has 0 aromatic heterocycles. The SMILES string of the molecule is CC1CC(NC(=O)N2CCCCC2C(=O)O)CCN1C. The summed E-state index contributed by atoms with van der Waals surface area (Å²) in [5.74, 6) is -0.892. The van der Waals surface area contributed by atoms with Crippen LogP contribution in [0, 0.1) is 0 Å². The van der Waals surface area contributed by atoms with E-state index in [0.29, 0.717) is 19.0 Å². The monoisotopic (exact) mass is 283 g/mol. The van der Waals surface area contributed by atoms with Gasteiger partial charge in [0, 0.05) is 25.2 Å². The predicted octanol–water partition coefficient (Wildman–Crippen LogP) is 1.12. The van der Waals surface area contributed by atoms with E-state index in [9.17, 15) is 14.7 Å². The molecule has 0 saturated carbocycles. The second-order valence-corrected chi connectivity index (χ2v) is 6.04. The van der Waals surface area contributed by atoms with E-state index in [1.165, 1.54) is 4.90 Å². The summed E-state index contributed by atoms with van der Waals surface area (Å²) in [4.78, 5) is 27.3. The third-order valence-corrected chi connectivity index (χ3v) is 4.58. The number of likely N-dealkylation sites (tertiary alicyclic amines) is 2. The Hall–Kier alpha value is -1.30. The normalized spacial score (nSPS) is 31.9. The Kier molecular flexibility index (Phi) is 4.86. The summed E-state index contributed by atoms with van der Waals surface area (Å²) in [5.41, 5.74) is 0. The van der Waals surface area contributed by atoms with Crippen LogP contribution in [-0.2, 0) is 4.79 Å². The minimum Gasteiger partial charge on any atom is -0.480 e. The Bertz CT molecular complexity index is 375. The molecule has 0 aromatic carbocycles. The molecule has 0 aliphatic carbocycles. The molecule has 2 amide bonds. The van der Waals surface area contributed by atoms with Gasteiger partial charge < -0.3 is 20.2 Å². The molecule has 2 saturated heterocycles. The van der Waals surface area contributed by atoms with Gasteiger partial charge in [-0.3, -0.25) is 0 Å². The highest BCUT2D eigenvalue weighted by molar-refractivity contribution is 5.83. The van der Waals surface area contributed by atoms with Crippen LogP contribution in [0.2, 0.25) is 0 Å². The number of nitrogens with zero attached hydrogens (tertiary/aromatic N) is 2. The van der Waals surface area contributed by atoms with Gasteiger partial charge in [0.05, 0.1) is 0 Å². The van der Waals surface area contributed by atoms with Gasteiger partial charge in [0.2, 0.25) is 0 Å². The van der Waals surface area contributed by atoms with Gasteiger partial charge in [0.1, 0.15) is 6.04 Å². The molecule has 0 aromatic rings. The first-order chi connectivity index (χ1) is 9.49. The molecule has 6 heteroatoms. The summed E-state index contributed by atoms with van der Waals surface area (Å²) in [6.45, 7) is 3.67. The average Bonchev–Trinajstić information content (AvgIpc) is 2.43. The van der Waals surface area contributed by atoms with Crippen LogP contribution < -0.4 is 5.32 Å². The van der Waals surface area contributed by atoms with Crippen LogP contribution in [0.25, 0.3) is 0 Å². The highest BCUT2D eigenvalue weighted by Crippen LogP contribution is 2.19. The molecule has 0 radical (unpaired) electrons. The van der Waals surface area contributed by atoms with Crippen molar-refractivity contribution in [3.05, 3.63) is 0 Å². The smallest absolute Gasteiger partial charge is 0.326 e. The van der Waals surface area contributed by atoms with Crippen LogP contribution in [0.5, 0.6) is 0 Å². The molecule has 0 spiro atoms. The lowest BCUT2D eigenvalue weighted by Gasteiger charge is -2.38. The number of amides is 2. The summed E-state index contributed by atoms with van der Waals surface area (Å²) in [5, 5.41) is 12.2. The topological polar surface area (TPSA) is 72.9 Å². The quantitative estimate of drug-likeness (QED) is 0.796. The van der Waals surface area contributed by atoms with Crippen LogP contribution in [0.1, 0.15) is 39.0 Å². The number of carbonyl (C=O) groups is 2. The second kappa shape index (κ2) is 6.43. The number of piperidine rings is 2. The molecule has 20 heavy (non-hydrogen) atoms. The van der Waals surface area contributed by atoms with Crippen molar-refractivity contribution in [1.82, 2.24) is 15.1 Å². The van der Waals surface area contributed by atoms with Gasteiger partial charge in [-0.25, -0.2) is 9.59 Å². The second-order valence-electron chi connectivity index (χ2n) is 6.04. The summed E-state index contributed by atoms with van der Waals surface area (Å²) in [7, 11) is 2.09. The standard InChI is InChI=1S/C14H25N3O3/c1-10-9-11(6-8-16(10)2)15-14(20)17-7-4-3-5-12(17)13(18)19/h10-12H,3-9H2,1-2H3,(H,15,20)(H,18,19). The van der Waals surface area contributed by atoms with Crippen LogP contribution in [0.3, 0.4) is 0 Å². The number of carbonyl (C=O) groups excluding carboxylic acids is 1. The minimum absolute atomic E-state index is 0.157. The van der Waals surface area contributed by atoms with Crippen molar-refractivity contribution < 1.29 is 14.7 Å². The minimum atomic E-state index is -0.892. The Morgan fingerprint density at radius 3 is 2.60 bits per heavy atom. The van der Waals surface area contributed by atoms with E-state index >= 15 is 0 Å². The number of carboxylic acids is 1. The molecule has 2 rings (SSSR count). The Balaban J connectivity index is 1.91. The molecule has 2 aliphatic heterocycles. The zero-order valence-electron chi connectivity index (χ0n) is 12.3. The van der Waals surface area contributed by atoms with E-state index in [0.717, 1.165) is 32.2 Å². The molecule has 0 bridgehead atoms. The van der Waals surface area contributed by atoms with E-state index in [-0.39, 0.29) is 12.1 Å². The molecule has 2 heterocycles. The molecule has 3 unspecified atom stereocenters. The molecular formula is C14H25N3O3. The zero-order valence-corrected chi connectivity index (χ0v) is 12.3. The van der Waals surface area contributed by atoms with E-state index < -0.39 is 12.0 Å². The van der Waals surface area contributed by atoms with Crippen molar-refractivity contribution in [2.24, 2.45) is 0 Å². The first-order valence-corrected chi connectivity index (χ1v) is 7.49. The number of aliphatic carboxylic acids is 1. The van der Waals surface area contributed by atoms with Gasteiger partial charge in [-0.05, 0) is 46.1 Å². The van der Waals surface area contributed by atoms with E-state index in [1.54, 1.807) is 0 Å². The molecular weight excluding hydrogens is 258 g/mol. The van der Waals surface area contributed by atoms with Gasteiger partial charge in [-0.2, -0.15) is 0 Å². The maximum atomic E-state index is 12.3. The number of urea groups is 1. The fourth-order valence-electron chi connectivity index (χ4n) is 3.11. The van der Waals surface area contributed by atoms with E-state index in [2.05, 4.69) is 24.2 Å². The third kappa shape index (κ3) is 3.42. The van der Waals surface area contributed by atoms with E-state index in [4.69, 9.17) is 0 Å². The number of hydrogen-bond acceptors (Lipinski definition) is 3. The van der Waals surface area contributed by atoms with Crippen LogP contribution in [0.15, 0.2) is 0 Å². The molecule has 2 fully saturated rings. The third-order valence-electron chi connectivity index (χ3n) is 4.58.